The minimum Gasteiger partial charge on any atom is -0.321 e. The van der Waals surface area contributed by atoms with Crippen LogP contribution in [-0.2, 0) is 0 Å². The fraction of sp³-hybridized carbons (Fsp3) is 0.0455. The lowest BCUT2D eigenvalue weighted by Crippen LogP contribution is -2.10. The van der Waals surface area contributed by atoms with Crippen LogP contribution < -0.4 is 5.32 Å². The number of aromatic nitrogens is 4. The SMILES string of the molecule is Cc1nn(-c2ccccc2)c2sc(C(=O)Nc3ccc(-n4cc(Cl)cn4)cc3)cc12. The zero-order valence-electron chi connectivity index (χ0n) is 15.9. The Hall–Kier alpha value is -3.42. The fourth-order valence-electron chi connectivity index (χ4n) is 3.24. The average Bonchev–Trinajstić information content (AvgIpc) is 3.46. The number of amides is 1. The van der Waals surface area contributed by atoms with Gasteiger partial charge in [0.05, 0.1) is 33.2 Å². The third-order valence-corrected chi connectivity index (χ3v) is 6.01. The molecule has 0 aliphatic rings. The van der Waals surface area contributed by atoms with Crippen molar-refractivity contribution in [1.29, 1.82) is 0 Å². The minimum atomic E-state index is -0.148. The molecule has 0 atom stereocenters. The molecular formula is C22H16ClN5OS. The Morgan fingerprint density at radius 1 is 1.07 bits per heavy atom. The summed E-state index contributed by atoms with van der Waals surface area (Å²) < 4.78 is 3.56. The molecule has 0 radical (unpaired) electrons. The van der Waals surface area contributed by atoms with Gasteiger partial charge in [0.1, 0.15) is 4.83 Å². The van der Waals surface area contributed by atoms with Crippen molar-refractivity contribution in [3.63, 3.8) is 0 Å². The largest absolute Gasteiger partial charge is 0.321 e. The highest BCUT2D eigenvalue weighted by Gasteiger charge is 2.17. The smallest absolute Gasteiger partial charge is 0.265 e. The summed E-state index contributed by atoms with van der Waals surface area (Å²) in [5.41, 5.74) is 3.44. The van der Waals surface area contributed by atoms with E-state index in [4.69, 9.17) is 11.6 Å². The second-order valence-electron chi connectivity index (χ2n) is 6.77. The van der Waals surface area contributed by atoms with Crippen LogP contribution in [0.1, 0.15) is 15.4 Å². The van der Waals surface area contributed by atoms with Gasteiger partial charge in [0.25, 0.3) is 5.91 Å². The van der Waals surface area contributed by atoms with E-state index < -0.39 is 0 Å². The summed E-state index contributed by atoms with van der Waals surface area (Å²) in [5, 5.41) is 13.3. The van der Waals surface area contributed by atoms with Gasteiger partial charge in [0, 0.05) is 17.3 Å². The number of nitrogens with one attached hydrogen (secondary N) is 1. The molecule has 0 saturated carbocycles. The van der Waals surface area contributed by atoms with Crippen molar-refractivity contribution in [2.45, 2.75) is 6.92 Å². The molecule has 2 aromatic carbocycles. The van der Waals surface area contributed by atoms with Crippen LogP contribution >= 0.6 is 22.9 Å². The van der Waals surface area contributed by atoms with E-state index in [1.165, 1.54) is 11.3 Å². The molecule has 148 valence electrons. The van der Waals surface area contributed by atoms with Gasteiger partial charge in [-0.1, -0.05) is 29.8 Å². The lowest BCUT2D eigenvalue weighted by molar-refractivity contribution is 0.103. The minimum absolute atomic E-state index is 0.148. The van der Waals surface area contributed by atoms with Gasteiger partial charge in [-0.3, -0.25) is 4.79 Å². The first-order chi connectivity index (χ1) is 14.6. The molecule has 1 N–H and O–H groups in total. The molecule has 5 rings (SSSR count). The number of para-hydroxylation sites is 1. The van der Waals surface area contributed by atoms with E-state index in [0.717, 1.165) is 27.3 Å². The highest BCUT2D eigenvalue weighted by Crippen LogP contribution is 2.31. The number of hydrogen-bond donors (Lipinski definition) is 1. The number of fused-ring (bicyclic) bond motifs is 1. The van der Waals surface area contributed by atoms with E-state index in [-0.39, 0.29) is 5.91 Å². The van der Waals surface area contributed by atoms with Gasteiger partial charge < -0.3 is 5.32 Å². The molecule has 0 bridgehead atoms. The van der Waals surface area contributed by atoms with Crippen molar-refractivity contribution in [3.8, 4) is 11.4 Å². The highest BCUT2D eigenvalue weighted by atomic mass is 35.5. The Labute approximate surface area is 181 Å². The normalized spacial score (nSPS) is 11.1. The predicted molar refractivity (Wildman–Crippen MR) is 120 cm³/mol. The fourth-order valence-corrected chi connectivity index (χ4v) is 4.45. The van der Waals surface area contributed by atoms with Gasteiger partial charge in [0.2, 0.25) is 0 Å². The van der Waals surface area contributed by atoms with Crippen molar-refractivity contribution >= 4 is 44.7 Å². The summed E-state index contributed by atoms with van der Waals surface area (Å²) in [4.78, 5) is 14.4. The highest BCUT2D eigenvalue weighted by molar-refractivity contribution is 7.20. The lowest BCUT2D eigenvalue weighted by Gasteiger charge is -2.06. The van der Waals surface area contributed by atoms with E-state index >= 15 is 0 Å². The van der Waals surface area contributed by atoms with Crippen molar-refractivity contribution in [2.24, 2.45) is 0 Å². The number of carbonyl (C=O) groups excluding carboxylic acids is 1. The number of halogens is 1. The summed E-state index contributed by atoms with van der Waals surface area (Å²) in [6, 6.07) is 19.2. The zero-order valence-corrected chi connectivity index (χ0v) is 17.5. The first-order valence-corrected chi connectivity index (χ1v) is 10.4. The first-order valence-electron chi connectivity index (χ1n) is 9.25. The van der Waals surface area contributed by atoms with Crippen LogP contribution in [0.5, 0.6) is 0 Å². The average molecular weight is 434 g/mol. The van der Waals surface area contributed by atoms with Gasteiger partial charge in [-0.2, -0.15) is 10.2 Å². The molecule has 6 nitrogen and oxygen atoms in total. The van der Waals surface area contributed by atoms with Crippen molar-refractivity contribution in [2.75, 3.05) is 5.32 Å². The van der Waals surface area contributed by atoms with E-state index in [1.54, 1.807) is 17.1 Å². The summed E-state index contributed by atoms with van der Waals surface area (Å²) in [7, 11) is 0. The van der Waals surface area contributed by atoms with Crippen LogP contribution in [0, 0.1) is 6.92 Å². The number of nitrogens with zero attached hydrogens (tertiary/aromatic N) is 4. The Balaban J connectivity index is 1.40. The van der Waals surface area contributed by atoms with Gasteiger partial charge in [-0.25, -0.2) is 9.36 Å². The van der Waals surface area contributed by atoms with Crippen LogP contribution in [0.2, 0.25) is 5.02 Å². The monoisotopic (exact) mass is 433 g/mol. The van der Waals surface area contributed by atoms with Gasteiger partial charge in [0.15, 0.2) is 0 Å². The summed E-state index contributed by atoms with van der Waals surface area (Å²) >= 11 is 7.35. The number of aryl methyl sites for hydroxylation is 1. The number of hydrogen-bond acceptors (Lipinski definition) is 4. The van der Waals surface area contributed by atoms with Crippen LogP contribution in [0.25, 0.3) is 21.6 Å². The van der Waals surface area contributed by atoms with Crippen LogP contribution in [-0.4, -0.2) is 25.5 Å². The zero-order chi connectivity index (χ0) is 20.7. The first kappa shape index (κ1) is 18.6. The Morgan fingerprint density at radius 2 is 1.83 bits per heavy atom. The standard InChI is InChI=1S/C22H16ClN5OS/c1-14-19-11-20(30-22(19)28(26-14)18-5-3-2-4-6-18)21(29)25-16-7-9-17(10-8-16)27-13-15(23)12-24-27/h2-13H,1H3,(H,25,29). The maximum atomic E-state index is 12.8. The maximum absolute atomic E-state index is 12.8. The summed E-state index contributed by atoms with van der Waals surface area (Å²) in [5.74, 6) is -0.148. The molecule has 0 spiro atoms. The maximum Gasteiger partial charge on any atom is 0.265 e. The second-order valence-corrected chi connectivity index (χ2v) is 8.23. The van der Waals surface area contributed by atoms with Crippen LogP contribution in [0.15, 0.2) is 73.1 Å². The van der Waals surface area contributed by atoms with Crippen LogP contribution in [0.3, 0.4) is 0 Å². The molecule has 0 aliphatic heterocycles. The molecular weight excluding hydrogens is 418 g/mol. The number of anilines is 1. The number of carbonyl (C=O) groups is 1. The molecule has 1 amide bonds. The van der Waals surface area contributed by atoms with E-state index in [0.29, 0.717) is 15.6 Å². The number of benzene rings is 2. The molecule has 0 saturated heterocycles. The van der Waals surface area contributed by atoms with E-state index in [1.807, 2.05) is 72.3 Å². The van der Waals surface area contributed by atoms with Gasteiger partial charge in [-0.05, 0) is 49.4 Å². The molecule has 0 aliphatic carbocycles. The molecule has 0 unspecified atom stereocenters. The molecule has 3 aromatic heterocycles. The lowest BCUT2D eigenvalue weighted by atomic mass is 10.2. The van der Waals surface area contributed by atoms with Crippen molar-refractivity contribution < 1.29 is 4.79 Å². The van der Waals surface area contributed by atoms with Gasteiger partial charge >= 0.3 is 0 Å². The molecule has 5 aromatic rings. The van der Waals surface area contributed by atoms with Crippen LogP contribution in [0.4, 0.5) is 5.69 Å². The third kappa shape index (κ3) is 3.38. The van der Waals surface area contributed by atoms with E-state index in [2.05, 4.69) is 15.5 Å². The topological polar surface area (TPSA) is 64.7 Å². The van der Waals surface area contributed by atoms with Crippen molar-refractivity contribution in [1.82, 2.24) is 19.6 Å². The number of thiophene rings is 1. The molecule has 30 heavy (non-hydrogen) atoms. The molecule has 3 heterocycles. The summed E-state index contributed by atoms with van der Waals surface area (Å²) in [6.45, 7) is 1.95. The Morgan fingerprint density at radius 3 is 2.53 bits per heavy atom. The van der Waals surface area contributed by atoms with Crippen molar-refractivity contribution in [3.05, 3.63) is 88.7 Å². The molecule has 8 heteroatoms. The third-order valence-electron chi connectivity index (χ3n) is 4.71. The summed E-state index contributed by atoms with van der Waals surface area (Å²) in [6.07, 6.45) is 3.31. The quantitative estimate of drug-likeness (QED) is 0.407. The Kier molecular flexibility index (Phi) is 4.61. The predicted octanol–water partition coefficient (Wildman–Crippen LogP) is 5.49. The Bertz CT molecular complexity index is 1350. The number of rotatable bonds is 4. The van der Waals surface area contributed by atoms with E-state index in [9.17, 15) is 4.79 Å². The molecule has 0 fully saturated rings. The second kappa shape index (κ2) is 7.44. The van der Waals surface area contributed by atoms with Gasteiger partial charge in [-0.15, -0.1) is 11.3 Å².